The standard InChI is InChI=1S/C37H52O6Si4/c1-28(2)44(33-15-11-9-12-16-33)43-45(5,6)26-32-21-19-30(24-35(32)38)23-31-20-22-37(36(39)25-31)41-27-42-46(7,8)47(40,29(3)4)34-17-13-10-14-18-34/h9-22,24-25,28-29,38-40,44H,23,26-27H2,1-8H3. The Hall–Kier alpha value is -2.97. The maximum absolute atomic E-state index is 12.0. The molecule has 6 nitrogen and oxygen atoms in total. The molecule has 0 aliphatic rings. The van der Waals surface area contributed by atoms with Gasteiger partial charge in [0.25, 0.3) is 0 Å². The Labute approximate surface area is 285 Å². The van der Waals surface area contributed by atoms with Gasteiger partial charge in [0.15, 0.2) is 35.6 Å². The van der Waals surface area contributed by atoms with Crippen molar-refractivity contribution in [3.63, 3.8) is 0 Å². The molecule has 0 bridgehead atoms. The van der Waals surface area contributed by atoms with Crippen LogP contribution in [-0.2, 0) is 21.0 Å². The van der Waals surface area contributed by atoms with E-state index in [1.165, 1.54) is 5.19 Å². The molecule has 4 aromatic rings. The number of phenolic OH excluding ortho intramolecular Hbond substituents is 2. The zero-order valence-corrected chi connectivity index (χ0v) is 33.3. The minimum Gasteiger partial charge on any atom is -0.508 e. The largest absolute Gasteiger partial charge is 0.508 e. The van der Waals surface area contributed by atoms with Crippen molar-refractivity contribution in [1.29, 1.82) is 0 Å². The van der Waals surface area contributed by atoms with E-state index in [2.05, 4.69) is 65.1 Å². The van der Waals surface area contributed by atoms with Crippen LogP contribution in [0.15, 0.2) is 97.1 Å². The summed E-state index contributed by atoms with van der Waals surface area (Å²) in [6, 6.07) is 32.4. The van der Waals surface area contributed by atoms with Gasteiger partial charge in [-0.05, 0) is 95.0 Å². The van der Waals surface area contributed by atoms with E-state index in [0.29, 0.717) is 17.7 Å². The van der Waals surface area contributed by atoms with Gasteiger partial charge in [-0.3, -0.25) is 0 Å². The Balaban J connectivity index is 1.37. The number of ether oxygens (including phenoxy) is 1. The highest BCUT2D eigenvalue weighted by molar-refractivity contribution is 7.41. The molecule has 4 aromatic carbocycles. The van der Waals surface area contributed by atoms with Crippen molar-refractivity contribution < 1.29 is 28.3 Å². The van der Waals surface area contributed by atoms with Crippen molar-refractivity contribution in [3.8, 4) is 17.2 Å². The molecule has 0 amide bonds. The lowest BCUT2D eigenvalue weighted by Crippen LogP contribution is -2.70. The molecule has 0 heterocycles. The monoisotopic (exact) mass is 704 g/mol. The van der Waals surface area contributed by atoms with E-state index in [4.69, 9.17) is 13.3 Å². The van der Waals surface area contributed by atoms with Crippen molar-refractivity contribution in [3.05, 3.63) is 114 Å². The highest BCUT2D eigenvalue weighted by Gasteiger charge is 2.54. The summed E-state index contributed by atoms with van der Waals surface area (Å²) in [6.07, 6.45) is 0.551. The second-order valence-electron chi connectivity index (χ2n) is 14.3. The van der Waals surface area contributed by atoms with Gasteiger partial charge in [0.05, 0.1) is 0 Å². The van der Waals surface area contributed by atoms with Crippen molar-refractivity contribution in [2.45, 2.75) is 77.4 Å². The summed E-state index contributed by atoms with van der Waals surface area (Å²) in [5, 5.41) is 24.1. The Morgan fingerprint density at radius 1 is 0.723 bits per heavy atom. The molecule has 0 aromatic heterocycles. The Morgan fingerprint density at radius 3 is 1.85 bits per heavy atom. The molecule has 0 fully saturated rings. The van der Waals surface area contributed by atoms with Gasteiger partial charge in [0, 0.05) is 0 Å². The fourth-order valence-corrected chi connectivity index (χ4v) is 25.3. The summed E-state index contributed by atoms with van der Waals surface area (Å²) in [5.74, 6) is 0.637. The molecular weight excluding hydrogens is 653 g/mol. The van der Waals surface area contributed by atoms with E-state index in [1.807, 2.05) is 73.8 Å². The summed E-state index contributed by atoms with van der Waals surface area (Å²) in [6.45, 7) is 17.1. The number of aromatic hydroxyl groups is 2. The van der Waals surface area contributed by atoms with Crippen LogP contribution in [0.2, 0.25) is 37.3 Å². The summed E-state index contributed by atoms with van der Waals surface area (Å²) in [4.78, 5) is 12.0. The quantitative estimate of drug-likeness (QED) is 0.0920. The fourth-order valence-electron chi connectivity index (χ4n) is 6.39. The molecule has 0 aliphatic heterocycles. The lowest BCUT2D eigenvalue weighted by atomic mass is 10.0. The summed E-state index contributed by atoms with van der Waals surface area (Å²) < 4.78 is 19.1. The van der Waals surface area contributed by atoms with Crippen LogP contribution in [0.1, 0.15) is 44.4 Å². The number of phenols is 2. The molecule has 3 N–H and O–H groups in total. The lowest BCUT2D eigenvalue weighted by Gasteiger charge is -2.41. The minimum atomic E-state index is -2.93. The van der Waals surface area contributed by atoms with Crippen molar-refractivity contribution >= 4 is 43.4 Å². The van der Waals surface area contributed by atoms with Crippen LogP contribution in [-0.4, -0.2) is 54.8 Å². The number of hydrogen-bond donors (Lipinski definition) is 3. The van der Waals surface area contributed by atoms with Gasteiger partial charge in [0.2, 0.25) is 15.7 Å². The molecule has 2 atom stereocenters. The molecule has 0 radical (unpaired) electrons. The van der Waals surface area contributed by atoms with Crippen LogP contribution in [0.3, 0.4) is 0 Å². The Morgan fingerprint density at radius 2 is 1.30 bits per heavy atom. The molecule has 47 heavy (non-hydrogen) atoms. The average molecular weight is 705 g/mol. The first-order valence-electron chi connectivity index (χ1n) is 16.5. The van der Waals surface area contributed by atoms with E-state index < -0.39 is 33.0 Å². The van der Waals surface area contributed by atoms with E-state index in [-0.39, 0.29) is 23.8 Å². The molecule has 4 rings (SSSR count). The van der Waals surface area contributed by atoms with Gasteiger partial charge < -0.3 is 28.3 Å². The predicted octanol–water partition coefficient (Wildman–Crippen LogP) is 6.92. The number of hydrogen-bond acceptors (Lipinski definition) is 6. The Bertz CT molecular complexity index is 1600. The van der Waals surface area contributed by atoms with Gasteiger partial charge in [-0.15, -0.1) is 0 Å². The first kappa shape index (κ1) is 36.9. The molecule has 0 spiro atoms. The van der Waals surface area contributed by atoms with Crippen LogP contribution in [0.5, 0.6) is 17.2 Å². The zero-order chi connectivity index (χ0) is 34.4. The zero-order valence-electron chi connectivity index (χ0n) is 29.2. The molecule has 2 unspecified atom stereocenters. The fraction of sp³-hybridized carbons (Fsp3) is 0.351. The SMILES string of the molecule is CC(C)[SiH](O[Si](C)(C)Cc1ccc(Cc2ccc(OCO[Si](C)(C)[Si](O)(c3ccccc3)C(C)C)c(O)c2)cc1O)c1ccccc1. The minimum absolute atomic E-state index is 0.0260. The van der Waals surface area contributed by atoms with Crippen molar-refractivity contribution in [1.82, 2.24) is 0 Å². The van der Waals surface area contributed by atoms with E-state index in [9.17, 15) is 15.0 Å². The van der Waals surface area contributed by atoms with Crippen molar-refractivity contribution in [2.75, 3.05) is 6.79 Å². The van der Waals surface area contributed by atoms with Gasteiger partial charge in [-0.25, -0.2) is 0 Å². The molecule has 0 saturated carbocycles. The van der Waals surface area contributed by atoms with Gasteiger partial charge in [0.1, 0.15) is 5.75 Å². The van der Waals surface area contributed by atoms with Crippen LogP contribution in [0.4, 0.5) is 0 Å². The first-order chi connectivity index (χ1) is 22.1. The Kier molecular flexibility index (Phi) is 12.2. The molecule has 10 heteroatoms. The molecule has 0 aliphatic carbocycles. The lowest BCUT2D eigenvalue weighted by molar-refractivity contribution is 0.112. The summed E-state index contributed by atoms with van der Waals surface area (Å²) in [5.41, 5.74) is 3.31. The predicted molar refractivity (Wildman–Crippen MR) is 203 cm³/mol. The van der Waals surface area contributed by atoms with Crippen molar-refractivity contribution in [2.24, 2.45) is 0 Å². The first-order valence-corrected chi connectivity index (χ1v) is 27.3. The summed E-state index contributed by atoms with van der Waals surface area (Å²) >= 11 is 0. The second-order valence-corrected chi connectivity index (χ2v) is 34.4. The smallest absolute Gasteiger partial charge is 0.239 e. The highest BCUT2D eigenvalue weighted by atomic mass is 29.3. The third-order valence-electron chi connectivity index (χ3n) is 8.98. The maximum Gasteiger partial charge on any atom is 0.239 e. The number of rotatable bonds is 15. The normalized spacial score (nSPS) is 14.3. The van der Waals surface area contributed by atoms with Crippen LogP contribution in [0.25, 0.3) is 0 Å². The third kappa shape index (κ3) is 9.14. The van der Waals surface area contributed by atoms with E-state index in [1.54, 1.807) is 12.1 Å². The van der Waals surface area contributed by atoms with E-state index >= 15 is 0 Å². The van der Waals surface area contributed by atoms with Crippen LogP contribution >= 0.6 is 0 Å². The van der Waals surface area contributed by atoms with E-state index in [0.717, 1.165) is 27.9 Å². The topological polar surface area (TPSA) is 88.4 Å². The number of benzene rings is 4. The summed E-state index contributed by atoms with van der Waals surface area (Å²) in [7, 11) is -9.26. The molecule has 0 saturated heterocycles. The second kappa shape index (κ2) is 15.5. The van der Waals surface area contributed by atoms with Crippen LogP contribution in [0, 0.1) is 0 Å². The van der Waals surface area contributed by atoms with Crippen LogP contribution < -0.4 is 15.1 Å². The maximum atomic E-state index is 12.0. The van der Waals surface area contributed by atoms with Gasteiger partial charge in [-0.2, -0.15) is 0 Å². The highest BCUT2D eigenvalue weighted by Crippen LogP contribution is 2.32. The molecule has 252 valence electrons. The van der Waals surface area contributed by atoms with Gasteiger partial charge in [-0.1, -0.05) is 107 Å². The molecular formula is C37H52O6Si4. The average Bonchev–Trinajstić information content (AvgIpc) is 3.02. The van der Waals surface area contributed by atoms with Gasteiger partial charge >= 0.3 is 0 Å². The third-order valence-corrected chi connectivity index (χ3v) is 30.1.